The number of carbonyl (C=O) groups excluding carboxylic acids is 1. The summed E-state index contributed by atoms with van der Waals surface area (Å²) in [5.41, 5.74) is 0.326. The van der Waals surface area contributed by atoms with Crippen LogP contribution in [0.3, 0.4) is 0 Å². The van der Waals surface area contributed by atoms with Crippen molar-refractivity contribution in [2.24, 2.45) is 0 Å². The number of aryl methyl sites for hydroxylation is 1. The average molecular weight is 384 g/mol. The molecular weight excluding hydrogens is 368 g/mol. The van der Waals surface area contributed by atoms with Gasteiger partial charge >= 0.3 is 5.69 Å². The van der Waals surface area contributed by atoms with Crippen molar-refractivity contribution in [2.75, 3.05) is 13.1 Å². The maximum absolute atomic E-state index is 13.4. The Morgan fingerprint density at radius 2 is 2.19 bits per heavy atom. The SMILES string of the molecule is O=C([C@H]1CCc2nn(Cc3ccc(Cl)nc3)c(=O)n21)N1CCC(F)(F)C1. The molecule has 1 amide bonds. The van der Waals surface area contributed by atoms with Gasteiger partial charge in [-0.25, -0.2) is 23.2 Å². The lowest BCUT2D eigenvalue weighted by molar-refractivity contribution is -0.135. The highest BCUT2D eigenvalue weighted by Gasteiger charge is 2.44. The molecule has 1 atom stereocenters. The van der Waals surface area contributed by atoms with Crippen LogP contribution in [0.15, 0.2) is 23.1 Å². The van der Waals surface area contributed by atoms with Gasteiger partial charge < -0.3 is 4.90 Å². The first-order valence-electron chi connectivity index (χ1n) is 8.29. The van der Waals surface area contributed by atoms with Crippen molar-refractivity contribution in [1.29, 1.82) is 0 Å². The lowest BCUT2D eigenvalue weighted by atomic mass is 10.2. The molecule has 0 radical (unpaired) electrons. The molecule has 0 aliphatic carbocycles. The molecule has 1 fully saturated rings. The van der Waals surface area contributed by atoms with E-state index in [0.29, 0.717) is 23.8 Å². The van der Waals surface area contributed by atoms with Crippen LogP contribution in [0, 0.1) is 0 Å². The van der Waals surface area contributed by atoms with Gasteiger partial charge in [0.2, 0.25) is 5.91 Å². The van der Waals surface area contributed by atoms with Gasteiger partial charge in [-0.15, -0.1) is 0 Å². The van der Waals surface area contributed by atoms with Gasteiger partial charge in [-0.2, -0.15) is 5.10 Å². The summed E-state index contributed by atoms with van der Waals surface area (Å²) in [5, 5.41) is 4.63. The number of nitrogens with zero attached hydrogens (tertiary/aromatic N) is 5. The molecule has 10 heteroatoms. The predicted molar refractivity (Wildman–Crippen MR) is 88.3 cm³/mol. The molecule has 0 spiro atoms. The number of aromatic nitrogens is 4. The van der Waals surface area contributed by atoms with Crippen LogP contribution < -0.4 is 5.69 Å². The summed E-state index contributed by atoms with van der Waals surface area (Å²) < 4.78 is 29.4. The molecule has 1 saturated heterocycles. The summed E-state index contributed by atoms with van der Waals surface area (Å²) in [6, 6.07) is 2.59. The highest BCUT2D eigenvalue weighted by molar-refractivity contribution is 6.29. The van der Waals surface area contributed by atoms with Crippen molar-refractivity contribution < 1.29 is 13.6 Å². The van der Waals surface area contributed by atoms with E-state index in [1.165, 1.54) is 9.25 Å². The Balaban J connectivity index is 1.57. The molecule has 7 nitrogen and oxygen atoms in total. The third kappa shape index (κ3) is 3.00. The number of hydrogen-bond donors (Lipinski definition) is 0. The topological polar surface area (TPSA) is 73.0 Å². The third-order valence-electron chi connectivity index (χ3n) is 4.78. The molecule has 2 aromatic heterocycles. The van der Waals surface area contributed by atoms with Gasteiger partial charge in [0, 0.05) is 25.6 Å². The van der Waals surface area contributed by atoms with Crippen molar-refractivity contribution in [3.05, 3.63) is 45.4 Å². The Hall–Kier alpha value is -2.29. The number of hydrogen-bond acceptors (Lipinski definition) is 4. The van der Waals surface area contributed by atoms with Crippen molar-refractivity contribution in [3.8, 4) is 0 Å². The molecule has 0 bridgehead atoms. The van der Waals surface area contributed by atoms with E-state index in [2.05, 4.69) is 10.1 Å². The number of amides is 1. The van der Waals surface area contributed by atoms with E-state index in [1.807, 2.05) is 0 Å². The Bertz CT molecular complexity index is 908. The normalized spacial score (nSPS) is 21.2. The second-order valence-corrected chi connectivity index (χ2v) is 7.02. The van der Waals surface area contributed by atoms with Crippen molar-refractivity contribution in [3.63, 3.8) is 0 Å². The van der Waals surface area contributed by atoms with Crippen molar-refractivity contribution in [2.45, 2.75) is 37.8 Å². The van der Waals surface area contributed by atoms with Gasteiger partial charge in [-0.05, 0) is 18.1 Å². The zero-order valence-corrected chi connectivity index (χ0v) is 14.5. The van der Waals surface area contributed by atoms with Crippen LogP contribution in [0.5, 0.6) is 0 Å². The number of alkyl halides is 2. The Kier molecular flexibility index (Phi) is 4.06. The molecule has 0 aromatic carbocycles. The summed E-state index contributed by atoms with van der Waals surface area (Å²) in [7, 11) is 0. The average Bonchev–Trinajstić information content (AvgIpc) is 3.25. The molecule has 0 N–H and O–H groups in total. The number of fused-ring (bicyclic) bond motifs is 1. The van der Waals surface area contributed by atoms with E-state index >= 15 is 0 Å². The summed E-state index contributed by atoms with van der Waals surface area (Å²) in [5.74, 6) is -2.79. The highest BCUT2D eigenvalue weighted by Crippen LogP contribution is 2.31. The second-order valence-electron chi connectivity index (χ2n) is 6.64. The van der Waals surface area contributed by atoms with Crippen LogP contribution in [-0.2, 0) is 17.8 Å². The maximum atomic E-state index is 13.4. The number of likely N-dealkylation sites (tertiary alicyclic amines) is 1. The van der Waals surface area contributed by atoms with Gasteiger partial charge in [0.15, 0.2) is 0 Å². The first-order valence-corrected chi connectivity index (χ1v) is 8.67. The van der Waals surface area contributed by atoms with E-state index in [4.69, 9.17) is 11.6 Å². The van der Waals surface area contributed by atoms with Crippen LogP contribution in [0.4, 0.5) is 8.78 Å². The summed E-state index contributed by atoms with van der Waals surface area (Å²) >= 11 is 5.75. The number of pyridine rings is 1. The molecule has 26 heavy (non-hydrogen) atoms. The first-order chi connectivity index (χ1) is 12.3. The van der Waals surface area contributed by atoms with Crippen LogP contribution in [0.2, 0.25) is 5.15 Å². The lowest BCUT2D eigenvalue weighted by Gasteiger charge is -2.20. The Morgan fingerprint density at radius 1 is 1.38 bits per heavy atom. The minimum Gasteiger partial charge on any atom is -0.335 e. The fourth-order valence-corrected chi connectivity index (χ4v) is 3.60. The predicted octanol–water partition coefficient (Wildman–Crippen LogP) is 1.50. The minimum atomic E-state index is -2.85. The minimum absolute atomic E-state index is 0.0109. The Labute approximate surface area is 152 Å². The zero-order valence-electron chi connectivity index (χ0n) is 13.7. The highest BCUT2D eigenvalue weighted by atomic mass is 35.5. The molecule has 2 aromatic rings. The molecule has 2 aliphatic rings. The van der Waals surface area contributed by atoms with Gasteiger partial charge in [-0.1, -0.05) is 17.7 Å². The van der Waals surface area contributed by atoms with Crippen LogP contribution in [-0.4, -0.2) is 49.2 Å². The largest absolute Gasteiger partial charge is 0.346 e. The monoisotopic (exact) mass is 383 g/mol. The third-order valence-corrected chi connectivity index (χ3v) is 5.01. The quantitative estimate of drug-likeness (QED) is 0.753. The molecule has 4 rings (SSSR count). The van der Waals surface area contributed by atoms with Gasteiger partial charge in [0.05, 0.1) is 13.1 Å². The number of halogens is 3. The summed E-state index contributed by atoms with van der Waals surface area (Å²) in [6.45, 7) is -0.375. The summed E-state index contributed by atoms with van der Waals surface area (Å²) in [6.07, 6.45) is 2.08. The molecule has 138 valence electrons. The van der Waals surface area contributed by atoms with Crippen molar-refractivity contribution >= 4 is 17.5 Å². The fourth-order valence-electron chi connectivity index (χ4n) is 3.49. The van der Waals surface area contributed by atoms with Crippen molar-refractivity contribution in [1.82, 2.24) is 24.2 Å². The van der Waals surface area contributed by atoms with E-state index < -0.39 is 30.1 Å². The van der Waals surface area contributed by atoms with Gasteiger partial charge in [-0.3, -0.25) is 9.36 Å². The molecule has 4 heterocycles. The number of rotatable bonds is 3. The fraction of sp³-hybridized carbons (Fsp3) is 0.500. The van der Waals surface area contributed by atoms with E-state index in [9.17, 15) is 18.4 Å². The van der Waals surface area contributed by atoms with Gasteiger partial charge in [0.25, 0.3) is 5.92 Å². The summed E-state index contributed by atoms with van der Waals surface area (Å²) in [4.78, 5) is 30.4. The van der Waals surface area contributed by atoms with Crippen LogP contribution in [0.25, 0.3) is 0 Å². The lowest BCUT2D eigenvalue weighted by Crippen LogP contribution is -2.39. The zero-order chi connectivity index (χ0) is 18.5. The molecular formula is C16H16ClF2N5O2. The smallest absolute Gasteiger partial charge is 0.335 e. The second kappa shape index (κ2) is 6.15. The van der Waals surface area contributed by atoms with Crippen LogP contribution in [0.1, 0.15) is 30.3 Å². The van der Waals surface area contributed by atoms with Crippen LogP contribution >= 0.6 is 11.6 Å². The first kappa shape index (κ1) is 17.1. The Morgan fingerprint density at radius 3 is 2.85 bits per heavy atom. The van der Waals surface area contributed by atoms with E-state index in [1.54, 1.807) is 18.3 Å². The van der Waals surface area contributed by atoms with E-state index in [0.717, 1.165) is 10.5 Å². The molecule has 0 unspecified atom stereocenters. The van der Waals surface area contributed by atoms with Gasteiger partial charge in [0.1, 0.15) is 17.0 Å². The maximum Gasteiger partial charge on any atom is 0.346 e. The molecule has 0 saturated carbocycles. The number of carbonyl (C=O) groups is 1. The molecule has 2 aliphatic heterocycles. The van der Waals surface area contributed by atoms with E-state index in [-0.39, 0.29) is 19.5 Å². The standard InChI is InChI=1S/C16H16ClF2N5O2/c17-12-3-1-10(7-20-12)8-23-15(26)24-11(2-4-13(24)21-23)14(25)22-6-5-16(18,19)9-22/h1,3,7,11H,2,4-6,8-9H2/t11-/m1/s1.